The van der Waals surface area contributed by atoms with Crippen molar-refractivity contribution < 1.29 is 22.2 Å². The maximum absolute atomic E-state index is 11.1. The van der Waals surface area contributed by atoms with Gasteiger partial charge in [-0.1, -0.05) is 58.4 Å². The molecule has 0 unspecified atom stereocenters. The summed E-state index contributed by atoms with van der Waals surface area (Å²) in [6, 6.07) is 0. The van der Waals surface area contributed by atoms with Crippen molar-refractivity contribution in [1.29, 1.82) is 0 Å². The average molecular weight is 407 g/mol. The van der Waals surface area contributed by atoms with E-state index in [1.165, 1.54) is 32.1 Å². The second kappa shape index (κ2) is 16.1. The fourth-order valence-corrected chi connectivity index (χ4v) is 2.88. The highest BCUT2D eigenvalue weighted by Gasteiger charge is 2.06. The number of quaternary nitrogens is 1. The molecule has 1 amide bonds. The van der Waals surface area contributed by atoms with Crippen LogP contribution in [-0.2, 0) is 14.9 Å². The van der Waals surface area contributed by atoms with E-state index in [9.17, 15) is 17.8 Å². The van der Waals surface area contributed by atoms with Crippen LogP contribution in [0.15, 0.2) is 12.2 Å². The predicted molar refractivity (Wildman–Crippen MR) is 113 cm³/mol. The first-order valence-corrected chi connectivity index (χ1v) is 11.6. The van der Waals surface area contributed by atoms with Crippen LogP contribution >= 0.6 is 0 Å². The molecule has 0 aromatic carbocycles. The molecule has 0 bridgehead atoms. The Labute approximate surface area is 167 Å². The summed E-state index contributed by atoms with van der Waals surface area (Å²) in [7, 11) is 2.44. The normalized spacial score (nSPS) is 11.5. The van der Waals surface area contributed by atoms with Crippen LogP contribution < -0.4 is 5.32 Å². The minimum atomic E-state index is -3.98. The third kappa shape index (κ3) is 27.4. The van der Waals surface area contributed by atoms with Gasteiger partial charge in [0.05, 0.1) is 37.8 Å². The van der Waals surface area contributed by atoms with Gasteiger partial charge < -0.3 is 14.4 Å². The summed E-state index contributed by atoms with van der Waals surface area (Å²) >= 11 is 0. The number of hydrogen-bond donors (Lipinski definition) is 1. The zero-order chi connectivity index (χ0) is 21.3. The summed E-state index contributed by atoms with van der Waals surface area (Å²) in [5.41, 5.74) is 0.574. The molecule has 1 N–H and O–H groups in total. The smallest absolute Gasteiger partial charge is 0.246 e. The molecule has 162 valence electrons. The van der Waals surface area contributed by atoms with Crippen LogP contribution in [0.2, 0.25) is 0 Å². The molecule has 27 heavy (non-hydrogen) atoms. The van der Waals surface area contributed by atoms with Crippen molar-refractivity contribution in [2.45, 2.75) is 71.6 Å². The molecule has 0 fully saturated rings. The molecule has 7 heteroatoms. The molecule has 0 saturated heterocycles. The zero-order valence-corrected chi connectivity index (χ0v) is 19.0. The maximum Gasteiger partial charge on any atom is 0.246 e. The lowest BCUT2D eigenvalue weighted by Crippen LogP contribution is -2.37. The molecular formula is C20H42N2O4S. The molecule has 0 aliphatic heterocycles. The van der Waals surface area contributed by atoms with Crippen LogP contribution in [0, 0.1) is 0 Å². The van der Waals surface area contributed by atoms with Crippen molar-refractivity contribution >= 4 is 16.0 Å². The molecule has 6 nitrogen and oxygen atoms in total. The zero-order valence-electron chi connectivity index (χ0n) is 18.2. The highest BCUT2D eigenvalue weighted by Crippen LogP contribution is 2.08. The number of unbranched alkanes of at least 4 members (excludes halogenated alkanes) is 7. The van der Waals surface area contributed by atoms with Crippen LogP contribution in [-0.4, -0.2) is 63.3 Å². The molecule has 0 spiro atoms. The van der Waals surface area contributed by atoms with Crippen molar-refractivity contribution in [2.24, 2.45) is 0 Å². The Hall–Kier alpha value is -0.920. The van der Waals surface area contributed by atoms with E-state index in [0.29, 0.717) is 12.0 Å². The van der Waals surface area contributed by atoms with Crippen molar-refractivity contribution in [1.82, 2.24) is 5.32 Å². The number of nitrogens with zero attached hydrogens (tertiary/aromatic N) is 1. The first kappa shape index (κ1) is 28.3. The van der Waals surface area contributed by atoms with Crippen LogP contribution in [0.1, 0.15) is 71.6 Å². The van der Waals surface area contributed by atoms with Crippen LogP contribution in [0.4, 0.5) is 0 Å². The highest BCUT2D eigenvalue weighted by atomic mass is 32.2. The van der Waals surface area contributed by atoms with Crippen molar-refractivity contribution in [3.8, 4) is 0 Å². The molecule has 0 atom stereocenters. The topological polar surface area (TPSA) is 86.3 Å². The predicted octanol–water partition coefficient (Wildman–Crippen LogP) is 3.45. The van der Waals surface area contributed by atoms with Crippen molar-refractivity contribution in [2.75, 3.05) is 40.0 Å². The molecule has 0 aromatic heterocycles. The van der Waals surface area contributed by atoms with Gasteiger partial charge in [0, 0.05) is 24.3 Å². The summed E-state index contributed by atoms with van der Waals surface area (Å²) in [6.07, 6.45) is 9.66. The lowest BCUT2D eigenvalue weighted by molar-refractivity contribution is -0.870. The molecule has 0 radical (unpaired) electrons. The van der Waals surface area contributed by atoms with Gasteiger partial charge in [0.2, 0.25) is 5.91 Å². The van der Waals surface area contributed by atoms with E-state index < -0.39 is 10.1 Å². The Morgan fingerprint density at radius 3 is 1.85 bits per heavy atom. The summed E-state index contributed by atoms with van der Waals surface area (Å²) in [6.45, 7) is 9.27. The van der Waals surface area contributed by atoms with E-state index in [-0.39, 0.29) is 11.7 Å². The van der Waals surface area contributed by atoms with E-state index in [1.54, 1.807) is 6.92 Å². The number of carbonyl (C=O) groups excluding carboxylic acids is 1. The summed E-state index contributed by atoms with van der Waals surface area (Å²) in [5, 5.41) is 2.81. The first-order valence-electron chi connectivity index (χ1n) is 10.1. The molecule has 0 rings (SSSR count). The van der Waals surface area contributed by atoms with Gasteiger partial charge in [0.1, 0.15) is 0 Å². The van der Waals surface area contributed by atoms with E-state index in [2.05, 4.69) is 40.0 Å². The van der Waals surface area contributed by atoms with Gasteiger partial charge in [-0.2, -0.15) is 0 Å². The Bertz CT molecular complexity index is 497. The minimum absolute atomic E-state index is 0.0404. The quantitative estimate of drug-likeness (QED) is 0.207. The standard InChI is InChI=1S/C10H20N2O.C10H22O3S/c1-9(2)10(13)11-7-6-8-12(3,4)5;1-2-3-4-5-6-7-8-9-10-14(11,12)13/h1,6-8H2,2-5H3;2-10H2,1H3,(H,11,12,13). The molecule has 0 heterocycles. The Balaban J connectivity index is 0. The lowest BCUT2D eigenvalue weighted by Gasteiger charge is -2.23. The number of carbonyl (C=O) groups is 1. The van der Waals surface area contributed by atoms with E-state index in [4.69, 9.17) is 0 Å². The van der Waals surface area contributed by atoms with Crippen LogP contribution in [0.3, 0.4) is 0 Å². The van der Waals surface area contributed by atoms with E-state index in [0.717, 1.165) is 36.8 Å². The van der Waals surface area contributed by atoms with Crippen molar-refractivity contribution in [3.05, 3.63) is 12.2 Å². The van der Waals surface area contributed by atoms with Gasteiger partial charge in [-0.15, -0.1) is 0 Å². The van der Waals surface area contributed by atoms with Gasteiger partial charge in [-0.25, -0.2) is 8.42 Å². The van der Waals surface area contributed by atoms with E-state index >= 15 is 0 Å². The maximum atomic E-state index is 11.1. The fourth-order valence-electron chi connectivity index (χ4n) is 2.32. The Morgan fingerprint density at radius 1 is 0.963 bits per heavy atom. The van der Waals surface area contributed by atoms with Gasteiger partial charge in [0.25, 0.3) is 0 Å². The third-order valence-electron chi connectivity index (χ3n) is 3.93. The molecule has 0 aliphatic rings. The Kier molecular flexibility index (Phi) is 16.8. The SMILES string of the molecule is C=C(C)C(=O)NCCC[N+](C)(C)C.CCCCCCCCCCS(=O)(=O)[O-]. The molecule has 0 aromatic rings. The Morgan fingerprint density at radius 2 is 1.44 bits per heavy atom. The highest BCUT2D eigenvalue weighted by molar-refractivity contribution is 7.85. The van der Waals surface area contributed by atoms with Gasteiger partial charge in [0.15, 0.2) is 0 Å². The van der Waals surface area contributed by atoms with Gasteiger partial charge in [-0.05, 0) is 13.3 Å². The molecular weight excluding hydrogens is 364 g/mol. The second-order valence-corrected chi connectivity index (χ2v) is 9.66. The monoisotopic (exact) mass is 406 g/mol. The second-order valence-electron chi connectivity index (χ2n) is 8.14. The summed E-state index contributed by atoms with van der Waals surface area (Å²) in [4.78, 5) is 11.1. The van der Waals surface area contributed by atoms with Gasteiger partial charge in [-0.3, -0.25) is 4.79 Å². The third-order valence-corrected chi connectivity index (χ3v) is 4.72. The number of rotatable bonds is 14. The molecule has 0 saturated carbocycles. The number of nitrogens with one attached hydrogen (secondary N) is 1. The van der Waals surface area contributed by atoms with Gasteiger partial charge >= 0.3 is 0 Å². The van der Waals surface area contributed by atoms with E-state index in [1.807, 2.05) is 0 Å². The summed E-state index contributed by atoms with van der Waals surface area (Å²) < 4.78 is 31.7. The minimum Gasteiger partial charge on any atom is -0.748 e. The first-order chi connectivity index (χ1) is 12.4. The molecule has 0 aliphatic carbocycles. The van der Waals surface area contributed by atoms with Crippen molar-refractivity contribution in [3.63, 3.8) is 0 Å². The van der Waals surface area contributed by atoms with Crippen LogP contribution in [0.25, 0.3) is 0 Å². The summed E-state index contributed by atoms with van der Waals surface area (Å²) in [5.74, 6) is -0.233. The number of hydrogen-bond acceptors (Lipinski definition) is 4. The largest absolute Gasteiger partial charge is 0.748 e. The number of amides is 1. The van der Waals surface area contributed by atoms with Crippen LogP contribution in [0.5, 0.6) is 0 Å². The lowest BCUT2D eigenvalue weighted by atomic mass is 10.1. The fraction of sp³-hybridized carbons (Fsp3) is 0.850. The average Bonchev–Trinajstić information content (AvgIpc) is 2.52.